The highest BCUT2D eigenvalue weighted by Gasteiger charge is 2.61. The highest BCUT2D eigenvalue weighted by molar-refractivity contribution is 8.01. The van der Waals surface area contributed by atoms with Gasteiger partial charge in [-0.2, -0.15) is 0 Å². The molecule has 3 atom stereocenters. The van der Waals surface area contributed by atoms with Crippen molar-refractivity contribution in [2.24, 2.45) is 5.92 Å². The molecule has 1 saturated heterocycles. The van der Waals surface area contributed by atoms with Crippen LogP contribution in [0.1, 0.15) is 51.6 Å². The van der Waals surface area contributed by atoms with Gasteiger partial charge in [0.25, 0.3) is 5.69 Å². The number of carbonyl (C=O) groups excluding carboxylic acids is 4. The van der Waals surface area contributed by atoms with Crippen LogP contribution in [-0.2, 0) is 35.2 Å². The number of amides is 1. The lowest BCUT2D eigenvalue weighted by atomic mass is 9.84. The Bertz CT molecular complexity index is 2990. The Labute approximate surface area is 408 Å². The van der Waals surface area contributed by atoms with E-state index in [4.69, 9.17) is 13.9 Å². The number of likely N-dealkylation sites (tertiary alicyclic amines) is 1. The molecule has 0 spiro atoms. The zero-order valence-corrected chi connectivity index (χ0v) is 39.4. The number of benzene rings is 7. The largest absolute Gasteiger partial charge is 0.456 e. The monoisotopic (exact) mass is 964 g/mol. The number of nitro groups is 1. The number of β-lactam (4-membered cyclic amide) rings is 1. The van der Waals surface area contributed by atoms with E-state index in [1.165, 1.54) is 60.0 Å². The second-order valence-electron chi connectivity index (χ2n) is 16.4. The summed E-state index contributed by atoms with van der Waals surface area (Å²) in [6.07, 6.45) is -0.825. The van der Waals surface area contributed by atoms with Crippen LogP contribution >= 0.6 is 18.6 Å². The number of hydrogen-bond donors (Lipinski definition) is 0. The number of esters is 2. The number of nitrogens with zero attached hydrogens (tertiary/aromatic N) is 2. The molecule has 0 N–H and O–H groups in total. The van der Waals surface area contributed by atoms with E-state index in [0.29, 0.717) is 11.8 Å². The van der Waals surface area contributed by atoms with E-state index in [-0.39, 0.29) is 29.2 Å². The molecule has 0 saturated carbocycles. The van der Waals surface area contributed by atoms with Gasteiger partial charge in [0.05, 0.1) is 9.67 Å². The zero-order chi connectivity index (χ0) is 48.7. The molecular formula is C57H45N2O9PS. The van der Waals surface area contributed by atoms with Crippen molar-refractivity contribution in [3.05, 3.63) is 262 Å². The predicted molar refractivity (Wildman–Crippen MR) is 273 cm³/mol. The molecule has 9 rings (SSSR count). The van der Waals surface area contributed by atoms with Crippen molar-refractivity contribution in [3.63, 3.8) is 0 Å². The van der Waals surface area contributed by atoms with Crippen molar-refractivity contribution in [1.29, 1.82) is 0 Å². The maximum absolute atomic E-state index is 16.1. The van der Waals surface area contributed by atoms with Gasteiger partial charge in [-0.05, 0) is 62.4 Å². The quantitative estimate of drug-likeness (QED) is 0.0164. The molecule has 1 fully saturated rings. The van der Waals surface area contributed by atoms with Crippen LogP contribution in [0.5, 0.6) is 0 Å². The van der Waals surface area contributed by atoms with Gasteiger partial charge in [0.15, 0.2) is 18.2 Å². The van der Waals surface area contributed by atoms with Crippen LogP contribution in [0, 0.1) is 16.0 Å². The molecule has 348 valence electrons. The van der Waals surface area contributed by atoms with Crippen LogP contribution in [0.25, 0.3) is 0 Å². The lowest BCUT2D eigenvalue weighted by molar-refractivity contribution is -0.384. The Morgan fingerprint density at radius 1 is 0.686 bits per heavy atom. The lowest BCUT2D eigenvalue weighted by Gasteiger charge is -2.53. The van der Waals surface area contributed by atoms with E-state index in [1.807, 2.05) is 182 Å². The van der Waals surface area contributed by atoms with Crippen molar-refractivity contribution in [2.75, 3.05) is 0 Å². The zero-order valence-electron chi connectivity index (χ0n) is 37.7. The van der Waals surface area contributed by atoms with Crippen molar-refractivity contribution < 1.29 is 38.0 Å². The molecule has 0 bridgehead atoms. The van der Waals surface area contributed by atoms with E-state index in [1.54, 1.807) is 0 Å². The SMILES string of the molecule is CC(=O)OC(c1ccc(C=O)o1)C1C(=O)N(C(C(=O)OCc2ccc([N+](=O)[O-])cc2)=P(c2ccccc2)(c2ccccc2)c2ccccc2)C1SC(c1ccccc1)(c1ccccc1)c1ccccc1. The Balaban J connectivity index is 1.39. The molecule has 1 aromatic heterocycles. The third kappa shape index (κ3) is 8.91. The summed E-state index contributed by atoms with van der Waals surface area (Å²) in [6, 6.07) is 67.1. The third-order valence-corrected chi connectivity index (χ3v) is 18.3. The minimum Gasteiger partial charge on any atom is -0.456 e. The van der Waals surface area contributed by atoms with Gasteiger partial charge in [0, 0.05) is 25.9 Å². The first-order valence-electron chi connectivity index (χ1n) is 22.4. The Hall–Kier alpha value is -8.05. The van der Waals surface area contributed by atoms with Crippen LogP contribution < -0.4 is 15.9 Å². The highest BCUT2D eigenvalue weighted by atomic mass is 32.2. The number of nitro benzene ring substituents is 1. The first-order valence-corrected chi connectivity index (χ1v) is 25.1. The normalized spacial score (nSPS) is 15.0. The highest BCUT2D eigenvalue weighted by Crippen LogP contribution is 2.59. The second kappa shape index (κ2) is 20.7. The molecular weight excluding hydrogens is 920 g/mol. The second-order valence-corrected chi connectivity index (χ2v) is 21.1. The number of furan rings is 1. The van der Waals surface area contributed by atoms with E-state index < -0.39 is 51.8 Å². The molecule has 1 amide bonds. The van der Waals surface area contributed by atoms with Gasteiger partial charge in [-0.25, -0.2) is 4.79 Å². The van der Waals surface area contributed by atoms with Gasteiger partial charge < -0.3 is 13.9 Å². The Kier molecular flexibility index (Phi) is 13.9. The van der Waals surface area contributed by atoms with Gasteiger partial charge in [0.2, 0.25) is 5.91 Å². The molecule has 1 aliphatic rings. The lowest BCUT2D eigenvalue weighted by Crippen LogP contribution is -2.67. The molecule has 13 heteroatoms. The fourth-order valence-corrected chi connectivity index (χ4v) is 15.5. The topological polar surface area (TPSA) is 146 Å². The van der Waals surface area contributed by atoms with Gasteiger partial charge in [-0.1, -0.05) is 182 Å². The summed E-state index contributed by atoms with van der Waals surface area (Å²) in [6.45, 7) is -2.58. The van der Waals surface area contributed by atoms with Crippen molar-refractivity contribution in [2.45, 2.75) is 29.8 Å². The third-order valence-electron chi connectivity index (χ3n) is 12.3. The summed E-state index contributed by atoms with van der Waals surface area (Å²) in [5.74, 6) is -3.24. The molecule has 11 nitrogen and oxygen atoms in total. The average Bonchev–Trinajstić information content (AvgIpc) is 3.90. The number of ether oxygens (including phenoxy) is 2. The molecule has 7 aromatic carbocycles. The number of carbonyl (C=O) groups is 4. The summed E-state index contributed by atoms with van der Waals surface area (Å²) in [5, 5.41) is 12.8. The maximum Gasteiger partial charge on any atom is 0.356 e. The summed E-state index contributed by atoms with van der Waals surface area (Å²) in [4.78, 5) is 70.2. The van der Waals surface area contributed by atoms with Gasteiger partial charge in [-0.3, -0.25) is 29.4 Å². The van der Waals surface area contributed by atoms with Crippen LogP contribution in [0.2, 0.25) is 0 Å². The fraction of sp³-hybridized carbons (Fsp3) is 0.105. The summed E-state index contributed by atoms with van der Waals surface area (Å²) in [7, 11) is 0. The molecule has 0 radical (unpaired) electrons. The fourth-order valence-electron chi connectivity index (χ4n) is 9.19. The number of hydrogen-bond acceptors (Lipinski definition) is 10. The molecule has 3 unspecified atom stereocenters. The smallest absolute Gasteiger partial charge is 0.356 e. The van der Waals surface area contributed by atoms with E-state index in [0.717, 1.165) is 32.6 Å². The molecule has 0 aliphatic carbocycles. The first-order chi connectivity index (χ1) is 34.2. The number of non-ortho nitro benzene ring substituents is 1. The van der Waals surface area contributed by atoms with E-state index in [9.17, 15) is 19.7 Å². The molecule has 8 aromatic rings. The van der Waals surface area contributed by atoms with Crippen LogP contribution in [-0.4, -0.2) is 44.7 Å². The van der Waals surface area contributed by atoms with Crippen molar-refractivity contribution in [1.82, 2.24) is 4.90 Å². The van der Waals surface area contributed by atoms with Crippen molar-refractivity contribution >= 4 is 69.8 Å². The summed E-state index contributed by atoms with van der Waals surface area (Å²) in [5.41, 5.74) is 2.98. The summed E-state index contributed by atoms with van der Waals surface area (Å²) < 4.78 is 17.4. The Morgan fingerprint density at radius 3 is 1.53 bits per heavy atom. The van der Waals surface area contributed by atoms with Crippen LogP contribution in [0.3, 0.4) is 0 Å². The number of rotatable bonds is 17. The van der Waals surface area contributed by atoms with Gasteiger partial charge >= 0.3 is 11.9 Å². The molecule has 70 heavy (non-hydrogen) atoms. The number of aldehydes is 1. The minimum absolute atomic E-state index is 0.0311. The van der Waals surface area contributed by atoms with Crippen LogP contribution in [0.15, 0.2) is 223 Å². The molecule has 2 heterocycles. The average molecular weight is 965 g/mol. The first kappa shape index (κ1) is 47.0. The van der Waals surface area contributed by atoms with E-state index in [2.05, 4.69) is 0 Å². The Morgan fingerprint density at radius 2 is 1.13 bits per heavy atom. The molecule has 1 aliphatic heterocycles. The van der Waals surface area contributed by atoms with E-state index >= 15 is 9.59 Å². The van der Waals surface area contributed by atoms with Gasteiger partial charge in [0.1, 0.15) is 29.1 Å². The predicted octanol–water partition coefficient (Wildman–Crippen LogP) is 9.98. The van der Waals surface area contributed by atoms with Crippen LogP contribution in [0.4, 0.5) is 5.69 Å². The minimum atomic E-state index is -3.53. The summed E-state index contributed by atoms with van der Waals surface area (Å²) >= 11 is 1.41. The van der Waals surface area contributed by atoms with Crippen molar-refractivity contribution in [3.8, 4) is 0 Å². The number of thioether (sulfide) groups is 1. The maximum atomic E-state index is 16.1. The standard InChI is InChI=1S/C57H45N2O9PS/c1-40(61)67-52(50-37-36-46(38-60)68-50)51-53(62)58(55(51)70-57(42-20-8-2-9-21-42,43-22-10-3-11-23-43)44-24-12-4-13-25-44)54(56(63)66-39-41-32-34-45(35-33-41)59(64)65)69(47-26-14-5-15-27-47,48-28-16-6-17-29-48)49-30-18-7-19-31-49/h2-38,51-52,55H,39H2,1H3. The van der Waals surface area contributed by atoms with Gasteiger partial charge in [-0.15, -0.1) is 11.8 Å².